The molecule has 3 aliphatic carbocycles. The number of aromatic nitrogens is 1. The largest absolute Gasteiger partial charge is 0.359 e. The number of hydrogen-bond acceptors (Lipinski definition) is 3. The molecule has 196 valence electrons. The lowest BCUT2D eigenvalue weighted by molar-refractivity contribution is -0.141. The first kappa shape index (κ1) is 24.1. The standard InChI is InChI=1S/C34H44N2O/c1-4-18-36(19-5-2)29-9-8-27-21-28-12-14-32(3)30(25-7-6-24-13-17-35-23-26(24)20-25)10-11-31(32)34(28)16-15-33(27,22-29)37-34/h6-7,12-13,17,20-21,23,29-31H,4-5,8-11,14-16,18-19,22H2,1-3H3/t29-,30?,31+,32+,33?,34+/m0/s1. The summed E-state index contributed by atoms with van der Waals surface area (Å²) < 4.78 is 7.58. The SMILES string of the molecule is CCCN(CCC)[C@H]1CCC2=CC3=CC[C@]4(C)C(c5ccc6ccncc6c5)CC[C@H]4[C@@]34CCC2(C1)O4. The molecule has 2 aliphatic heterocycles. The molecular formula is C34H44N2O. The predicted molar refractivity (Wildman–Crippen MR) is 152 cm³/mol. The van der Waals surface area contributed by atoms with E-state index in [2.05, 4.69) is 67.1 Å². The molecular weight excluding hydrogens is 452 g/mol. The van der Waals surface area contributed by atoms with Gasteiger partial charge in [0.15, 0.2) is 0 Å². The molecule has 6 atom stereocenters. The van der Waals surface area contributed by atoms with Crippen molar-refractivity contribution in [2.24, 2.45) is 11.3 Å². The molecule has 2 aromatic rings. The van der Waals surface area contributed by atoms with E-state index in [1.54, 1.807) is 11.1 Å². The van der Waals surface area contributed by atoms with Crippen LogP contribution in [0.4, 0.5) is 0 Å². The van der Waals surface area contributed by atoms with Crippen LogP contribution >= 0.6 is 0 Å². The normalized spacial score (nSPS) is 38.2. The first-order valence-electron chi connectivity index (χ1n) is 15.2. The molecule has 3 heteroatoms. The molecule has 2 unspecified atom stereocenters. The first-order chi connectivity index (χ1) is 18.0. The third kappa shape index (κ3) is 3.49. The van der Waals surface area contributed by atoms with Crippen LogP contribution in [0.1, 0.15) is 96.5 Å². The van der Waals surface area contributed by atoms with Gasteiger partial charge in [-0.15, -0.1) is 0 Å². The topological polar surface area (TPSA) is 25.4 Å². The lowest BCUT2D eigenvalue weighted by Gasteiger charge is -2.55. The molecule has 2 saturated carbocycles. The number of fused-ring (bicyclic) bond motifs is 2. The van der Waals surface area contributed by atoms with E-state index >= 15 is 0 Å². The van der Waals surface area contributed by atoms with Gasteiger partial charge in [0.2, 0.25) is 0 Å². The summed E-state index contributed by atoms with van der Waals surface area (Å²) in [6, 6.07) is 9.94. The number of rotatable bonds is 6. The van der Waals surface area contributed by atoms with Gasteiger partial charge in [-0.25, -0.2) is 0 Å². The Labute approximate surface area is 223 Å². The zero-order valence-corrected chi connectivity index (χ0v) is 23.1. The minimum Gasteiger partial charge on any atom is -0.359 e. The Bertz CT molecular complexity index is 1260. The lowest BCUT2D eigenvalue weighted by Crippen LogP contribution is -2.55. The first-order valence-corrected chi connectivity index (χ1v) is 15.2. The molecule has 2 spiro atoms. The van der Waals surface area contributed by atoms with Gasteiger partial charge in [0.1, 0.15) is 0 Å². The Kier molecular flexibility index (Phi) is 5.72. The third-order valence-electron chi connectivity index (χ3n) is 11.3. The van der Waals surface area contributed by atoms with Gasteiger partial charge in [-0.2, -0.15) is 0 Å². The summed E-state index contributed by atoms with van der Waals surface area (Å²) in [4.78, 5) is 7.19. The van der Waals surface area contributed by atoms with Crippen LogP contribution in [0.2, 0.25) is 0 Å². The fourth-order valence-corrected chi connectivity index (χ4v) is 9.61. The van der Waals surface area contributed by atoms with E-state index in [0.717, 1.165) is 0 Å². The van der Waals surface area contributed by atoms with Crippen molar-refractivity contribution in [1.82, 2.24) is 9.88 Å². The third-order valence-corrected chi connectivity index (χ3v) is 11.3. The summed E-state index contributed by atoms with van der Waals surface area (Å²) in [6.45, 7) is 9.71. The van der Waals surface area contributed by atoms with E-state index in [4.69, 9.17) is 4.74 Å². The molecule has 1 aromatic heterocycles. The van der Waals surface area contributed by atoms with E-state index in [1.165, 1.54) is 93.6 Å². The van der Waals surface area contributed by atoms with E-state index in [0.29, 0.717) is 17.9 Å². The Morgan fingerprint density at radius 3 is 2.73 bits per heavy atom. The van der Waals surface area contributed by atoms with E-state index in [9.17, 15) is 0 Å². The molecule has 2 bridgehead atoms. The van der Waals surface area contributed by atoms with Gasteiger partial charge in [0.25, 0.3) is 0 Å². The van der Waals surface area contributed by atoms with E-state index < -0.39 is 0 Å². The summed E-state index contributed by atoms with van der Waals surface area (Å²) >= 11 is 0. The van der Waals surface area contributed by atoms with Crippen LogP contribution in [-0.4, -0.2) is 40.2 Å². The highest BCUT2D eigenvalue weighted by Gasteiger charge is 2.66. The maximum atomic E-state index is 7.58. The van der Waals surface area contributed by atoms with Crippen LogP contribution in [0.5, 0.6) is 0 Å². The summed E-state index contributed by atoms with van der Waals surface area (Å²) in [5.74, 6) is 1.19. The van der Waals surface area contributed by atoms with Crippen molar-refractivity contribution in [3.05, 3.63) is 65.5 Å². The Morgan fingerprint density at radius 2 is 1.89 bits per heavy atom. The molecule has 3 nitrogen and oxygen atoms in total. The van der Waals surface area contributed by atoms with Crippen molar-refractivity contribution in [3.8, 4) is 0 Å². The van der Waals surface area contributed by atoms with Crippen LogP contribution in [-0.2, 0) is 4.74 Å². The number of ether oxygens (including phenoxy) is 1. The molecule has 1 aromatic carbocycles. The summed E-state index contributed by atoms with van der Waals surface area (Å²) in [5, 5.41) is 2.57. The quantitative estimate of drug-likeness (QED) is 0.405. The number of benzene rings is 1. The van der Waals surface area contributed by atoms with Crippen LogP contribution in [0.25, 0.3) is 10.8 Å². The van der Waals surface area contributed by atoms with E-state index in [1.807, 2.05) is 12.4 Å². The second kappa shape index (κ2) is 8.78. The van der Waals surface area contributed by atoms with Gasteiger partial charge in [-0.3, -0.25) is 4.98 Å². The van der Waals surface area contributed by atoms with Crippen molar-refractivity contribution in [2.45, 2.75) is 108 Å². The van der Waals surface area contributed by atoms with E-state index in [-0.39, 0.29) is 16.6 Å². The highest BCUT2D eigenvalue weighted by atomic mass is 16.5. The van der Waals surface area contributed by atoms with Gasteiger partial charge < -0.3 is 9.64 Å². The average molecular weight is 497 g/mol. The number of nitrogens with zero attached hydrogens (tertiary/aromatic N) is 2. The van der Waals surface area contributed by atoms with Crippen molar-refractivity contribution in [1.29, 1.82) is 0 Å². The molecule has 7 rings (SSSR count). The number of allylic oxidation sites excluding steroid dienone is 1. The zero-order chi connectivity index (χ0) is 25.3. The van der Waals surface area contributed by atoms with Crippen LogP contribution in [0.3, 0.4) is 0 Å². The monoisotopic (exact) mass is 496 g/mol. The van der Waals surface area contributed by atoms with Gasteiger partial charge in [-0.1, -0.05) is 45.1 Å². The van der Waals surface area contributed by atoms with Crippen molar-refractivity contribution >= 4 is 10.8 Å². The van der Waals surface area contributed by atoms with Crippen LogP contribution < -0.4 is 0 Å². The second-order valence-electron chi connectivity index (χ2n) is 13.1. The molecule has 3 heterocycles. The molecule has 1 saturated heterocycles. The fraction of sp³-hybridized carbons (Fsp3) is 0.618. The van der Waals surface area contributed by atoms with Gasteiger partial charge >= 0.3 is 0 Å². The molecule has 0 amide bonds. The Hall–Kier alpha value is -1.97. The average Bonchev–Trinajstić information content (AvgIpc) is 3.43. The van der Waals surface area contributed by atoms with Crippen molar-refractivity contribution in [2.75, 3.05) is 13.1 Å². The molecule has 0 N–H and O–H groups in total. The zero-order valence-electron chi connectivity index (χ0n) is 23.1. The maximum absolute atomic E-state index is 7.58. The molecule has 37 heavy (non-hydrogen) atoms. The molecule has 5 aliphatic rings. The molecule has 0 radical (unpaired) electrons. The van der Waals surface area contributed by atoms with Crippen molar-refractivity contribution in [3.63, 3.8) is 0 Å². The molecule has 3 fully saturated rings. The van der Waals surface area contributed by atoms with Crippen LogP contribution in [0.15, 0.2) is 60.0 Å². The summed E-state index contributed by atoms with van der Waals surface area (Å²) in [6.07, 6.45) is 21.6. The maximum Gasteiger partial charge on any atom is 0.0974 e. The highest BCUT2D eigenvalue weighted by molar-refractivity contribution is 5.82. The summed E-state index contributed by atoms with van der Waals surface area (Å²) in [7, 11) is 0. The Balaban J connectivity index is 1.21. The number of hydrogen-bond donors (Lipinski definition) is 0. The number of pyridine rings is 1. The minimum atomic E-state index is -0.0636. The van der Waals surface area contributed by atoms with Gasteiger partial charge in [0, 0.05) is 23.8 Å². The van der Waals surface area contributed by atoms with Crippen LogP contribution in [0, 0.1) is 11.3 Å². The van der Waals surface area contributed by atoms with Gasteiger partial charge in [-0.05, 0) is 129 Å². The smallest absolute Gasteiger partial charge is 0.0974 e. The highest BCUT2D eigenvalue weighted by Crippen LogP contribution is 2.69. The lowest BCUT2D eigenvalue weighted by atomic mass is 9.58. The fourth-order valence-electron chi connectivity index (χ4n) is 9.61. The Morgan fingerprint density at radius 1 is 1.03 bits per heavy atom. The van der Waals surface area contributed by atoms with Crippen molar-refractivity contribution < 1.29 is 4.74 Å². The predicted octanol–water partition coefficient (Wildman–Crippen LogP) is 7.97. The minimum absolute atomic E-state index is 0.00898. The summed E-state index contributed by atoms with van der Waals surface area (Å²) in [5.41, 5.74) is 4.85. The van der Waals surface area contributed by atoms with Gasteiger partial charge in [0.05, 0.1) is 11.2 Å². The second-order valence-corrected chi connectivity index (χ2v) is 13.1.